The SMILES string of the molecule is C[C@@H]1C[C@H](C)CN(C(=O)CCCc2nc3ccccc3c(=O)[nH]2)C1. The zero-order valence-electron chi connectivity index (χ0n) is 14.4. The first-order valence-corrected chi connectivity index (χ1v) is 8.78. The molecule has 1 aliphatic heterocycles. The van der Waals surface area contributed by atoms with Crippen LogP contribution in [0.5, 0.6) is 0 Å². The van der Waals surface area contributed by atoms with Crippen LogP contribution in [0.25, 0.3) is 10.9 Å². The van der Waals surface area contributed by atoms with Crippen molar-refractivity contribution in [2.75, 3.05) is 13.1 Å². The number of amides is 1. The summed E-state index contributed by atoms with van der Waals surface area (Å²) in [6, 6.07) is 7.32. The summed E-state index contributed by atoms with van der Waals surface area (Å²) >= 11 is 0. The van der Waals surface area contributed by atoms with E-state index < -0.39 is 0 Å². The van der Waals surface area contributed by atoms with Crippen molar-refractivity contribution in [3.8, 4) is 0 Å². The second-order valence-corrected chi connectivity index (χ2v) is 7.13. The van der Waals surface area contributed by atoms with Crippen molar-refractivity contribution in [2.45, 2.75) is 39.5 Å². The number of nitrogens with zero attached hydrogens (tertiary/aromatic N) is 2. The van der Waals surface area contributed by atoms with Crippen molar-refractivity contribution >= 4 is 16.8 Å². The Balaban J connectivity index is 1.58. The van der Waals surface area contributed by atoms with E-state index >= 15 is 0 Å². The highest BCUT2D eigenvalue weighted by Gasteiger charge is 2.24. The summed E-state index contributed by atoms with van der Waals surface area (Å²) in [7, 11) is 0. The van der Waals surface area contributed by atoms with Crippen LogP contribution in [0.2, 0.25) is 0 Å². The molecule has 24 heavy (non-hydrogen) atoms. The van der Waals surface area contributed by atoms with Crippen molar-refractivity contribution in [3.63, 3.8) is 0 Å². The first-order valence-electron chi connectivity index (χ1n) is 8.78. The Morgan fingerprint density at radius 1 is 1.25 bits per heavy atom. The average Bonchev–Trinajstić information content (AvgIpc) is 2.54. The molecule has 0 bridgehead atoms. The minimum atomic E-state index is -0.111. The maximum absolute atomic E-state index is 12.4. The largest absolute Gasteiger partial charge is 0.342 e. The number of carbonyl (C=O) groups is 1. The quantitative estimate of drug-likeness (QED) is 0.939. The number of nitrogens with one attached hydrogen (secondary N) is 1. The number of likely N-dealkylation sites (tertiary alicyclic amines) is 1. The van der Waals surface area contributed by atoms with Crippen LogP contribution in [0, 0.1) is 11.8 Å². The summed E-state index contributed by atoms with van der Waals surface area (Å²) in [6.07, 6.45) is 3.03. The molecule has 1 saturated heterocycles. The van der Waals surface area contributed by atoms with Gasteiger partial charge in [0.1, 0.15) is 5.82 Å². The molecule has 5 heteroatoms. The van der Waals surface area contributed by atoms with E-state index in [-0.39, 0.29) is 11.5 Å². The number of aryl methyl sites for hydroxylation is 1. The molecule has 2 atom stereocenters. The monoisotopic (exact) mass is 327 g/mol. The Morgan fingerprint density at radius 3 is 2.71 bits per heavy atom. The van der Waals surface area contributed by atoms with E-state index in [0.29, 0.717) is 47.8 Å². The summed E-state index contributed by atoms with van der Waals surface area (Å²) in [5, 5.41) is 0.605. The Kier molecular flexibility index (Phi) is 4.97. The molecule has 0 spiro atoms. The van der Waals surface area contributed by atoms with Gasteiger partial charge < -0.3 is 9.88 Å². The molecule has 0 unspecified atom stereocenters. The van der Waals surface area contributed by atoms with Crippen LogP contribution in [0.1, 0.15) is 38.9 Å². The van der Waals surface area contributed by atoms with Crippen molar-refractivity contribution < 1.29 is 4.79 Å². The molecular weight excluding hydrogens is 302 g/mol. The maximum atomic E-state index is 12.4. The summed E-state index contributed by atoms with van der Waals surface area (Å²) in [6.45, 7) is 6.15. The standard InChI is InChI=1S/C19H25N3O2/c1-13-10-14(2)12-22(11-13)18(23)9-5-8-17-20-16-7-4-3-6-15(16)19(24)21-17/h3-4,6-7,13-14H,5,8-12H2,1-2H3,(H,20,21,24)/t13-,14+. The zero-order valence-corrected chi connectivity index (χ0v) is 14.4. The van der Waals surface area contributed by atoms with Crippen molar-refractivity contribution in [2.24, 2.45) is 11.8 Å². The Hall–Kier alpha value is -2.17. The number of piperidine rings is 1. The molecule has 2 heterocycles. The van der Waals surface area contributed by atoms with Crippen LogP contribution < -0.4 is 5.56 Å². The van der Waals surface area contributed by atoms with E-state index in [0.717, 1.165) is 13.1 Å². The minimum absolute atomic E-state index is 0.111. The highest BCUT2D eigenvalue weighted by atomic mass is 16.2. The number of hydrogen-bond donors (Lipinski definition) is 1. The van der Waals surface area contributed by atoms with Gasteiger partial charge in [-0.1, -0.05) is 26.0 Å². The molecule has 1 N–H and O–H groups in total. The molecule has 0 aliphatic carbocycles. The van der Waals surface area contributed by atoms with Gasteiger partial charge in [0, 0.05) is 25.9 Å². The van der Waals surface area contributed by atoms with Gasteiger partial charge in [-0.05, 0) is 36.8 Å². The van der Waals surface area contributed by atoms with E-state index in [1.807, 2.05) is 23.1 Å². The maximum Gasteiger partial charge on any atom is 0.258 e. The van der Waals surface area contributed by atoms with Gasteiger partial charge in [-0.25, -0.2) is 4.98 Å². The number of H-pyrrole nitrogens is 1. The number of aromatic amines is 1. The fourth-order valence-electron chi connectivity index (χ4n) is 3.69. The third-order valence-corrected chi connectivity index (χ3v) is 4.69. The minimum Gasteiger partial charge on any atom is -0.342 e. The molecule has 128 valence electrons. The number of rotatable bonds is 4. The first-order chi connectivity index (χ1) is 11.5. The third kappa shape index (κ3) is 3.83. The van der Waals surface area contributed by atoms with Crippen LogP contribution >= 0.6 is 0 Å². The van der Waals surface area contributed by atoms with E-state index in [2.05, 4.69) is 23.8 Å². The van der Waals surface area contributed by atoms with Gasteiger partial charge >= 0.3 is 0 Å². The first kappa shape index (κ1) is 16.7. The highest BCUT2D eigenvalue weighted by molar-refractivity contribution is 5.77. The number of hydrogen-bond acceptors (Lipinski definition) is 3. The van der Waals surface area contributed by atoms with Crippen molar-refractivity contribution in [3.05, 3.63) is 40.4 Å². The van der Waals surface area contributed by atoms with Gasteiger partial charge in [-0.2, -0.15) is 0 Å². The predicted molar refractivity (Wildman–Crippen MR) is 94.8 cm³/mol. The summed E-state index contributed by atoms with van der Waals surface area (Å²) in [4.78, 5) is 33.7. The molecule has 1 fully saturated rings. The van der Waals surface area contributed by atoms with Gasteiger partial charge in [0.2, 0.25) is 5.91 Å². The number of benzene rings is 1. The zero-order chi connectivity index (χ0) is 17.1. The summed E-state index contributed by atoms with van der Waals surface area (Å²) < 4.78 is 0. The van der Waals surface area contributed by atoms with Gasteiger partial charge in [-0.15, -0.1) is 0 Å². The fraction of sp³-hybridized carbons (Fsp3) is 0.526. The second-order valence-electron chi connectivity index (χ2n) is 7.13. The number of fused-ring (bicyclic) bond motifs is 1. The van der Waals surface area contributed by atoms with Gasteiger partial charge in [0.25, 0.3) is 5.56 Å². The van der Waals surface area contributed by atoms with Crippen LogP contribution in [0.4, 0.5) is 0 Å². The molecule has 5 nitrogen and oxygen atoms in total. The summed E-state index contributed by atoms with van der Waals surface area (Å²) in [5.41, 5.74) is 0.599. The van der Waals surface area contributed by atoms with E-state index in [9.17, 15) is 9.59 Å². The molecule has 0 saturated carbocycles. The number of carbonyl (C=O) groups excluding carboxylic acids is 1. The van der Waals surface area contributed by atoms with Crippen LogP contribution in [0.15, 0.2) is 29.1 Å². The molecule has 1 aromatic carbocycles. The molecule has 1 amide bonds. The number of aromatic nitrogens is 2. The van der Waals surface area contributed by atoms with E-state index in [4.69, 9.17) is 0 Å². The lowest BCUT2D eigenvalue weighted by atomic mass is 9.91. The fourth-order valence-corrected chi connectivity index (χ4v) is 3.69. The summed E-state index contributed by atoms with van der Waals surface area (Å²) in [5.74, 6) is 2.04. The normalized spacial score (nSPS) is 21.2. The van der Waals surface area contributed by atoms with Crippen LogP contribution in [-0.2, 0) is 11.2 Å². The predicted octanol–water partition coefficient (Wildman–Crippen LogP) is 2.75. The molecule has 1 aliphatic rings. The lowest BCUT2D eigenvalue weighted by Crippen LogP contribution is -2.42. The van der Waals surface area contributed by atoms with Crippen LogP contribution in [0.3, 0.4) is 0 Å². The van der Waals surface area contributed by atoms with Crippen molar-refractivity contribution in [1.29, 1.82) is 0 Å². The van der Waals surface area contributed by atoms with Crippen LogP contribution in [-0.4, -0.2) is 33.9 Å². The second kappa shape index (κ2) is 7.16. The smallest absolute Gasteiger partial charge is 0.258 e. The lowest BCUT2D eigenvalue weighted by Gasteiger charge is -2.35. The molecule has 2 aromatic rings. The van der Waals surface area contributed by atoms with Gasteiger partial charge in [0.15, 0.2) is 0 Å². The number of para-hydroxylation sites is 1. The van der Waals surface area contributed by atoms with Gasteiger partial charge in [-0.3, -0.25) is 9.59 Å². The molecule has 3 rings (SSSR count). The Morgan fingerprint density at radius 2 is 1.96 bits per heavy atom. The van der Waals surface area contributed by atoms with Crippen molar-refractivity contribution in [1.82, 2.24) is 14.9 Å². The van der Waals surface area contributed by atoms with E-state index in [1.165, 1.54) is 6.42 Å². The molecule has 0 radical (unpaired) electrons. The third-order valence-electron chi connectivity index (χ3n) is 4.69. The highest BCUT2D eigenvalue weighted by Crippen LogP contribution is 2.21. The Bertz CT molecular complexity index is 774. The van der Waals surface area contributed by atoms with E-state index in [1.54, 1.807) is 6.07 Å². The average molecular weight is 327 g/mol. The molecular formula is C19H25N3O2. The topological polar surface area (TPSA) is 66.1 Å². The Labute approximate surface area is 142 Å². The molecule has 1 aromatic heterocycles. The lowest BCUT2D eigenvalue weighted by molar-refractivity contribution is -0.133. The van der Waals surface area contributed by atoms with Gasteiger partial charge in [0.05, 0.1) is 10.9 Å².